The smallest absolute Gasteiger partial charge is 0.0818 e. The van der Waals surface area contributed by atoms with E-state index >= 15 is 0 Å². The summed E-state index contributed by atoms with van der Waals surface area (Å²) < 4.78 is 5.37. The number of nitrogens with one attached hydrogen (secondary N) is 1. The molecule has 0 aromatic heterocycles. The molecule has 0 bridgehead atoms. The molecule has 4 heteroatoms. The van der Waals surface area contributed by atoms with Gasteiger partial charge in [-0.05, 0) is 5.56 Å². The van der Waals surface area contributed by atoms with E-state index in [2.05, 4.69) is 40.5 Å². The molecule has 3 rings (SSSR count). The Bertz CT molecular complexity index is 418. The monoisotopic (exact) mass is 276 g/mol. The minimum Gasteiger partial charge on any atom is -0.388 e. The fourth-order valence-corrected chi connectivity index (χ4v) is 3.23. The standard InChI is InChI=1S/C16H24N2O2/c19-16(6-10-20-11-7-16)13-18-9-8-17-12-15(18)14-4-2-1-3-5-14/h1-5,15,17,19H,6-13H2/t15-/m1/s1. The van der Waals surface area contributed by atoms with Gasteiger partial charge in [-0.3, -0.25) is 4.90 Å². The fraction of sp³-hybridized carbons (Fsp3) is 0.625. The number of benzene rings is 1. The summed E-state index contributed by atoms with van der Waals surface area (Å²) in [6.07, 6.45) is 1.50. The molecular weight excluding hydrogens is 252 g/mol. The second-order valence-corrected chi connectivity index (χ2v) is 5.94. The molecule has 2 fully saturated rings. The number of nitrogens with zero attached hydrogens (tertiary/aromatic N) is 1. The first-order valence-corrected chi connectivity index (χ1v) is 7.57. The van der Waals surface area contributed by atoms with Crippen LogP contribution < -0.4 is 5.32 Å². The van der Waals surface area contributed by atoms with Gasteiger partial charge in [0.05, 0.1) is 5.60 Å². The number of hydrogen-bond donors (Lipinski definition) is 2. The molecule has 110 valence electrons. The van der Waals surface area contributed by atoms with Crippen molar-refractivity contribution < 1.29 is 9.84 Å². The van der Waals surface area contributed by atoms with Gasteiger partial charge in [-0.2, -0.15) is 0 Å². The summed E-state index contributed by atoms with van der Waals surface area (Å²) in [5, 5.41) is 14.2. The second kappa shape index (κ2) is 6.22. The van der Waals surface area contributed by atoms with E-state index in [0.29, 0.717) is 19.3 Å². The molecule has 1 aromatic rings. The van der Waals surface area contributed by atoms with E-state index < -0.39 is 5.60 Å². The SMILES string of the molecule is OC1(CN2CCNC[C@@H]2c2ccccc2)CCOCC1. The van der Waals surface area contributed by atoms with Crippen LogP contribution in [0.5, 0.6) is 0 Å². The third-order valence-electron chi connectivity index (χ3n) is 4.46. The first-order valence-electron chi connectivity index (χ1n) is 7.57. The van der Waals surface area contributed by atoms with Crippen LogP contribution >= 0.6 is 0 Å². The van der Waals surface area contributed by atoms with Gasteiger partial charge in [-0.15, -0.1) is 0 Å². The van der Waals surface area contributed by atoms with Crippen LogP contribution in [0.15, 0.2) is 30.3 Å². The molecule has 0 saturated carbocycles. The topological polar surface area (TPSA) is 44.7 Å². The van der Waals surface area contributed by atoms with Gasteiger partial charge in [0.25, 0.3) is 0 Å². The molecule has 0 spiro atoms. The summed E-state index contributed by atoms with van der Waals surface area (Å²) in [7, 11) is 0. The second-order valence-electron chi connectivity index (χ2n) is 5.94. The third-order valence-corrected chi connectivity index (χ3v) is 4.46. The Morgan fingerprint density at radius 2 is 2.00 bits per heavy atom. The zero-order valence-corrected chi connectivity index (χ0v) is 11.9. The maximum atomic E-state index is 10.7. The summed E-state index contributed by atoms with van der Waals surface area (Å²) >= 11 is 0. The lowest BCUT2D eigenvalue weighted by Crippen LogP contribution is -2.53. The summed E-state index contributed by atoms with van der Waals surface area (Å²) in [4.78, 5) is 2.43. The lowest BCUT2D eigenvalue weighted by molar-refractivity contribution is -0.0873. The Balaban J connectivity index is 1.72. The van der Waals surface area contributed by atoms with Crippen LogP contribution in [0, 0.1) is 0 Å². The van der Waals surface area contributed by atoms with Crippen LogP contribution in [0.4, 0.5) is 0 Å². The van der Waals surface area contributed by atoms with Crippen molar-refractivity contribution >= 4 is 0 Å². The molecule has 2 saturated heterocycles. The highest BCUT2D eigenvalue weighted by Crippen LogP contribution is 2.28. The van der Waals surface area contributed by atoms with Crippen LogP contribution in [0.1, 0.15) is 24.4 Å². The van der Waals surface area contributed by atoms with Crippen LogP contribution in [0.3, 0.4) is 0 Å². The average Bonchev–Trinajstić information content (AvgIpc) is 2.49. The number of rotatable bonds is 3. The molecule has 1 aromatic carbocycles. The average molecular weight is 276 g/mol. The first kappa shape index (κ1) is 14.0. The molecule has 0 radical (unpaired) electrons. The molecule has 20 heavy (non-hydrogen) atoms. The van der Waals surface area contributed by atoms with E-state index in [1.165, 1.54) is 5.56 Å². The summed E-state index contributed by atoms with van der Waals surface area (Å²) in [6, 6.07) is 10.9. The van der Waals surface area contributed by atoms with Gasteiger partial charge in [0, 0.05) is 58.3 Å². The molecule has 0 unspecified atom stereocenters. The van der Waals surface area contributed by atoms with Gasteiger partial charge >= 0.3 is 0 Å². The van der Waals surface area contributed by atoms with Gasteiger partial charge in [-0.25, -0.2) is 0 Å². The number of piperazine rings is 1. The van der Waals surface area contributed by atoms with E-state index in [4.69, 9.17) is 4.74 Å². The molecule has 0 aliphatic carbocycles. The number of β-amino-alcohol motifs (C(OH)–C–C–N with tert-alkyl or cyclic N) is 1. The van der Waals surface area contributed by atoms with Crippen molar-refractivity contribution in [3.8, 4) is 0 Å². The van der Waals surface area contributed by atoms with Crippen LogP contribution in [0.2, 0.25) is 0 Å². The van der Waals surface area contributed by atoms with Gasteiger partial charge in [-0.1, -0.05) is 30.3 Å². The maximum absolute atomic E-state index is 10.7. The lowest BCUT2D eigenvalue weighted by Gasteiger charge is -2.42. The zero-order chi connectivity index (χ0) is 13.8. The Kier molecular flexibility index (Phi) is 4.36. The molecule has 2 N–H and O–H groups in total. The Morgan fingerprint density at radius 3 is 2.75 bits per heavy atom. The van der Waals surface area contributed by atoms with E-state index in [1.54, 1.807) is 0 Å². The highest BCUT2D eigenvalue weighted by Gasteiger charge is 2.35. The lowest BCUT2D eigenvalue weighted by atomic mass is 9.92. The van der Waals surface area contributed by atoms with E-state index in [-0.39, 0.29) is 0 Å². The first-order chi connectivity index (χ1) is 9.77. The molecule has 2 heterocycles. The van der Waals surface area contributed by atoms with Crippen molar-refractivity contribution in [2.24, 2.45) is 0 Å². The van der Waals surface area contributed by atoms with Crippen LogP contribution in [-0.2, 0) is 4.74 Å². The molecule has 2 aliphatic heterocycles. The van der Waals surface area contributed by atoms with Crippen molar-refractivity contribution in [2.75, 3.05) is 39.4 Å². The van der Waals surface area contributed by atoms with Gasteiger partial charge in [0.2, 0.25) is 0 Å². The van der Waals surface area contributed by atoms with Gasteiger partial charge in [0.15, 0.2) is 0 Å². The zero-order valence-electron chi connectivity index (χ0n) is 11.9. The van der Waals surface area contributed by atoms with Crippen molar-refractivity contribution in [2.45, 2.75) is 24.5 Å². The normalized spacial score (nSPS) is 27.4. The summed E-state index contributed by atoms with van der Waals surface area (Å²) in [5.74, 6) is 0. The van der Waals surface area contributed by atoms with Gasteiger partial charge in [0.1, 0.15) is 0 Å². The van der Waals surface area contributed by atoms with E-state index in [0.717, 1.165) is 39.0 Å². The minimum atomic E-state index is -0.581. The predicted molar refractivity (Wildman–Crippen MR) is 78.6 cm³/mol. The highest BCUT2D eigenvalue weighted by atomic mass is 16.5. The summed E-state index contributed by atoms with van der Waals surface area (Å²) in [6.45, 7) is 5.05. The molecule has 2 aliphatic rings. The number of aliphatic hydroxyl groups is 1. The van der Waals surface area contributed by atoms with E-state index in [9.17, 15) is 5.11 Å². The van der Waals surface area contributed by atoms with Gasteiger partial charge < -0.3 is 15.2 Å². The summed E-state index contributed by atoms with van der Waals surface area (Å²) in [5.41, 5.74) is 0.748. The highest BCUT2D eigenvalue weighted by molar-refractivity contribution is 5.20. The molecule has 1 atom stereocenters. The number of hydrogen-bond acceptors (Lipinski definition) is 4. The van der Waals surface area contributed by atoms with Crippen LogP contribution in [0.25, 0.3) is 0 Å². The largest absolute Gasteiger partial charge is 0.388 e. The predicted octanol–water partition coefficient (Wildman–Crippen LogP) is 1.17. The molecular formula is C16H24N2O2. The van der Waals surface area contributed by atoms with E-state index in [1.807, 2.05) is 0 Å². The minimum absolute atomic E-state index is 0.358. The maximum Gasteiger partial charge on any atom is 0.0818 e. The van der Waals surface area contributed by atoms with Crippen LogP contribution in [-0.4, -0.2) is 55.0 Å². The molecule has 0 amide bonds. The Labute approximate surface area is 120 Å². The van der Waals surface area contributed by atoms with Crippen molar-refractivity contribution in [1.82, 2.24) is 10.2 Å². The fourth-order valence-electron chi connectivity index (χ4n) is 3.23. The number of ether oxygens (including phenoxy) is 1. The van der Waals surface area contributed by atoms with Crippen molar-refractivity contribution in [3.63, 3.8) is 0 Å². The third kappa shape index (κ3) is 3.20. The quantitative estimate of drug-likeness (QED) is 0.870. The van der Waals surface area contributed by atoms with Crippen molar-refractivity contribution in [1.29, 1.82) is 0 Å². The Morgan fingerprint density at radius 1 is 1.25 bits per heavy atom. The Hall–Kier alpha value is -0.940. The molecule has 4 nitrogen and oxygen atoms in total. The van der Waals surface area contributed by atoms with Crippen molar-refractivity contribution in [3.05, 3.63) is 35.9 Å².